The Morgan fingerprint density at radius 2 is 1.90 bits per heavy atom. The molecule has 0 aliphatic carbocycles. The highest BCUT2D eigenvalue weighted by atomic mass is 19.1. The Bertz CT molecular complexity index is 704. The minimum absolute atomic E-state index is 0.106. The zero-order valence-electron chi connectivity index (χ0n) is 17.2. The van der Waals surface area contributed by atoms with Crippen molar-refractivity contribution in [1.29, 1.82) is 0 Å². The highest BCUT2D eigenvalue weighted by Crippen LogP contribution is 2.34. The summed E-state index contributed by atoms with van der Waals surface area (Å²) in [4.78, 5) is 28.8. The van der Waals surface area contributed by atoms with Crippen LogP contribution in [0.2, 0.25) is 0 Å². The second-order valence-corrected chi connectivity index (χ2v) is 8.76. The zero-order valence-corrected chi connectivity index (χ0v) is 17.2. The number of amides is 2. The molecule has 6 nitrogen and oxygen atoms in total. The number of primary amides is 1. The quantitative estimate of drug-likeness (QED) is 0.756. The van der Waals surface area contributed by atoms with E-state index in [2.05, 4.69) is 11.8 Å². The summed E-state index contributed by atoms with van der Waals surface area (Å²) in [5, 5.41) is 0. The topological polar surface area (TPSA) is 75.9 Å². The number of halogens is 1. The van der Waals surface area contributed by atoms with Gasteiger partial charge in [-0.2, -0.15) is 0 Å². The number of rotatable bonds is 7. The van der Waals surface area contributed by atoms with Crippen molar-refractivity contribution in [1.82, 2.24) is 9.80 Å². The van der Waals surface area contributed by atoms with Gasteiger partial charge in [0, 0.05) is 24.9 Å². The Morgan fingerprint density at radius 1 is 1.21 bits per heavy atom. The van der Waals surface area contributed by atoms with E-state index >= 15 is 0 Å². The first kappa shape index (κ1) is 21.6. The maximum atomic E-state index is 13.1. The summed E-state index contributed by atoms with van der Waals surface area (Å²) in [5.41, 5.74) is 5.02. The molecule has 1 aromatic rings. The summed E-state index contributed by atoms with van der Waals surface area (Å²) >= 11 is 0. The fourth-order valence-corrected chi connectivity index (χ4v) is 4.38. The Kier molecular flexibility index (Phi) is 7.11. The van der Waals surface area contributed by atoms with E-state index in [1.165, 1.54) is 12.1 Å². The Balaban J connectivity index is 1.62. The molecule has 2 aliphatic rings. The van der Waals surface area contributed by atoms with Gasteiger partial charge in [0.1, 0.15) is 11.6 Å². The minimum Gasteiger partial charge on any atom is -0.493 e. The average Bonchev–Trinajstić information content (AvgIpc) is 2.69. The fourth-order valence-electron chi connectivity index (χ4n) is 4.38. The molecule has 29 heavy (non-hydrogen) atoms. The zero-order chi connectivity index (χ0) is 20.9. The Hall–Kier alpha value is -2.15. The smallest absolute Gasteiger partial charge is 0.236 e. The predicted octanol–water partition coefficient (Wildman–Crippen LogP) is 2.42. The lowest BCUT2D eigenvalue weighted by Gasteiger charge is -2.43. The molecule has 2 saturated heterocycles. The van der Waals surface area contributed by atoms with Crippen LogP contribution in [-0.4, -0.2) is 60.9 Å². The van der Waals surface area contributed by atoms with Crippen molar-refractivity contribution in [3.8, 4) is 5.75 Å². The molecule has 0 spiro atoms. The van der Waals surface area contributed by atoms with Gasteiger partial charge in [-0.1, -0.05) is 6.92 Å². The largest absolute Gasteiger partial charge is 0.493 e. The molecule has 2 amide bonds. The van der Waals surface area contributed by atoms with E-state index in [0.717, 1.165) is 44.7 Å². The molecular formula is C22H32FN3O3. The van der Waals surface area contributed by atoms with Crippen LogP contribution in [0, 0.1) is 17.2 Å². The highest BCUT2D eigenvalue weighted by Gasteiger charge is 2.39. The van der Waals surface area contributed by atoms with Crippen LogP contribution in [0.1, 0.15) is 39.0 Å². The molecular weight excluding hydrogens is 373 g/mol. The van der Waals surface area contributed by atoms with Gasteiger partial charge >= 0.3 is 0 Å². The van der Waals surface area contributed by atoms with Crippen molar-refractivity contribution in [3.05, 3.63) is 30.1 Å². The van der Waals surface area contributed by atoms with Crippen molar-refractivity contribution >= 4 is 11.8 Å². The van der Waals surface area contributed by atoms with E-state index in [4.69, 9.17) is 10.5 Å². The molecule has 2 aliphatic heterocycles. The van der Waals surface area contributed by atoms with E-state index in [-0.39, 0.29) is 24.8 Å². The van der Waals surface area contributed by atoms with Crippen LogP contribution in [0.5, 0.6) is 5.75 Å². The van der Waals surface area contributed by atoms with Crippen LogP contribution >= 0.6 is 0 Å². The number of piperidine rings is 2. The standard InChI is InChI=1S/C22H32FN3O3/c1-17-7-11-25(12-8-17)14-21(28)26-10-2-9-22(15-26,13-20(24)27)16-29-19-5-3-18(23)4-6-19/h3-6,17H,2,7-16H2,1H3,(H2,24,27). The van der Waals surface area contributed by atoms with Crippen LogP contribution in [0.3, 0.4) is 0 Å². The van der Waals surface area contributed by atoms with Gasteiger partial charge in [0.2, 0.25) is 11.8 Å². The van der Waals surface area contributed by atoms with Gasteiger partial charge in [0.15, 0.2) is 0 Å². The maximum Gasteiger partial charge on any atom is 0.236 e. The van der Waals surface area contributed by atoms with Gasteiger partial charge in [-0.15, -0.1) is 0 Å². The number of benzene rings is 1. The molecule has 0 bridgehead atoms. The number of nitrogens with two attached hydrogens (primary N) is 1. The van der Waals surface area contributed by atoms with Crippen LogP contribution in [0.4, 0.5) is 4.39 Å². The third-order valence-electron chi connectivity index (χ3n) is 6.16. The summed E-state index contributed by atoms with van der Waals surface area (Å²) < 4.78 is 19.0. The second-order valence-electron chi connectivity index (χ2n) is 8.76. The molecule has 0 saturated carbocycles. The monoisotopic (exact) mass is 405 g/mol. The number of nitrogens with zero attached hydrogens (tertiary/aromatic N) is 2. The summed E-state index contributed by atoms with van der Waals surface area (Å²) in [5.74, 6) is 0.650. The van der Waals surface area contributed by atoms with E-state index in [0.29, 0.717) is 25.4 Å². The average molecular weight is 406 g/mol. The van der Waals surface area contributed by atoms with Crippen molar-refractivity contribution in [2.45, 2.75) is 39.0 Å². The van der Waals surface area contributed by atoms with E-state index in [9.17, 15) is 14.0 Å². The molecule has 160 valence electrons. The SMILES string of the molecule is CC1CCN(CC(=O)N2CCCC(COc3ccc(F)cc3)(CC(N)=O)C2)CC1. The fraction of sp³-hybridized carbons (Fsp3) is 0.636. The van der Waals surface area contributed by atoms with E-state index in [1.54, 1.807) is 12.1 Å². The highest BCUT2D eigenvalue weighted by molar-refractivity contribution is 5.79. The molecule has 2 N–H and O–H groups in total. The van der Waals surface area contributed by atoms with Gasteiger partial charge < -0.3 is 15.4 Å². The Labute approximate surface area is 172 Å². The Morgan fingerprint density at radius 3 is 2.55 bits per heavy atom. The lowest BCUT2D eigenvalue weighted by atomic mass is 9.77. The predicted molar refractivity (Wildman–Crippen MR) is 109 cm³/mol. The lowest BCUT2D eigenvalue weighted by Crippen LogP contribution is -2.52. The normalized spacial score (nSPS) is 23.7. The van der Waals surface area contributed by atoms with E-state index < -0.39 is 11.3 Å². The summed E-state index contributed by atoms with van der Waals surface area (Å²) in [6.07, 6.45) is 4.00. The van der Waals surface area contributed by atoms with Crippen molar-refractivity contribution < 1.29 is 18.7 Å². The second kappa shape index (κ2) is 9.57. The van der Waals surface area contributed by atoms with Crippen molar-refractivity contribution in [2.75, 3.05) is 39.3 Å². The summed E-state index contributed by atoms with van der Waals surface area (Å²) in [6.45, 7) is 6.02. The first-order valence-electron chi connectivity index (χ1n) is 10.5. The summed E-state index contributed by atoms with van der Waals surface area (Å²) in [6, 6.07) is 5.81. The van der Waals surface area contributed by atoms with Crippen LogP contribution in [0.15, 0.2) is 24.3 Å². The minimum atomic E-state index is -0.509. The first-order chi connectivity index (χ1) is 13.8. The van der Waals surface area contributed by atoms with Crippen LogP contribution in [0.25, 0.3) is 0 Å². The molecule has 1 unspecified atom stereocenters. The number of likely N-dealkylation sites (tertiary alicyclic amines) is 2. The molecule has 7 heteroatoms. The third-order valence-corrected chi connectivity index (χ3v) is 6.16. The van der Waals surface area contributed by atoms with Crippen molar-refractivity contribution in [2.24, 2.45) is 17.1 Å². The summed E-state index contributed by atoms with van der Waals surface area (Å²) in [7, 11) is 0. The number of ether oxygens (including phenoxy) is 1. The van der Waals surface area contributed by atoms with Gasteiger partial charge in [-0.25, -0.2) is 4.39 Å². The molecule has 3 rings (SSSR count). The number of hydrogen-bond donors (Lipinski definition) is 1. The molecule has 2 heterocycles. The molecule has 1 atom stereocenters. The van der Waals surface area contributed by atoms with Crippen LogP contribution < -0.4 is 10.5 Å². The molecule has 0 radical (unpaired) electrons. The maximum absolute atomic E-state index is 13.1. The number of carbonyl (C=O) groups is 2. The first-order valence-corrected chi connectivity index (χ1v) is 10.5. The van der Waals surface area contributed by atoms with Gasteiger partial charge in [-0.05, 0) is 69.0 Å². The van der Waals surface area contributed by atoms with E-state index in [1.807, 2.05) is 4.90 Å². The van der Waals surface area contributed by atoms with Crippen molar-refractivity contribution in [3.63, 3.8) is 0 Å². The third kappa shape index (κ3) is 6.16. The lowest BCUT2D eigenvalue weighted by molar-refractivity contribution is -0.138. The molecule has 1 aromatic carbocycles. The van der Waals surface area contributed by atoms with Gasteiger partial charge in [-0.3, -0.25) is 14.5 Å². The number of hydrogen-bond acceptors (Lipinski definition) is 4. The molecule has 2 fully saturated rings. The molecule has 0 aromatic heterocycles. The van der Waals surface area contributed by atoms with Gasteiger partial charge in [0.25, 0.3) is 0 Å². The van der Waals surface area contributed by atoms with Crippen LogP contribution in [-0.2, 0) is 9.59 Å². The van der Waals surface area contributed by atoms with Gasteiger partial charge in [0.05, 0.1) is 13.2 Å². The number of carbonyl (C=O) groups excluding carboxylic acids is 2.